The molecule has 2 N–H and O–H groups in total. The summed E-state index contributed by atoms with van der Waals surface area (Å²) in [6.07, 6.45) is 1.35. The lowest BCUT2D eigenvalue weighted by molar-refractivity contribution is 0.432. The molecule has 0 fully saturated rings. The van der Waals surface area contributed by atoms with Crippen LogP contribution in [0, 0.1) is 24.4 Å². The number of benzene rings is 1. The zero-order valence-electron chi connectivity index (χ0n) is 9.54. The molecule has 0 spiro atoms. The Morgan fingerprint density at radius 3 is 2.47 bits per heavy atom. The first kappa shape index (κ1) is 13.4. The molecule has 9 heteroatoms. The number of hydrogen-bond donors (Lipinski definition) is 2. The van der Waals surface area contributed by atoms with Gasteiger partial charge in [0.25, 0.3) is 10.0 Å². The summed E-state index contributed by atoms with van der Waals surface area (Å²) in [6.45, 7) is 1.56. The maximum atomic E-state index is 13.4. The van der Waals surface area contributed by atoms with Crippen LogP contribution >= 0.6 is 0 Å². The van der Waals surface area contributed by atoms with Crippen molar-refractivity contribution in [3.8, 4) is 0 Å². The van der Waals surface area contributed by atoms with E-state index in [1.807, 2.05) is 4.72 Å². The Morgan fingerprint density at radius 1 is 1.21 bits per heavy atom. The van der Waals surface area contributed by atoms with Gasteiger partial charge in [0.2, 0.25) is 0 Å². The van der Waals surface area contributed by atoms with Crippen molar-refractivity contribution in [3.05, 3.63) is 41.3 Å². The highest BCUT2D eigenvalue weighted by Crippen LogP contribution is 2.22. The van der Waals surface area contributed by atoms with Crippen molar-refractivity contribution in [2.24, 2.45) is 0 Å². The third-order valence-electron chi connectivity index (χ3n) is 2.35. The fourth-order valence-corrected chi connectivity index (χ4v) is 2.51. The molecule has 0 atom stereocenters. The molecule has 0 aliphatic heterocycles. The molecule has 0 unspecified atom stereocenters. The van der Waals surface area contributed by atoms with Crippen LogP contribution in [0.15, 0.2) is 23.2 Å². The van der Waals surface area contributed by atoms with Crippen LogP contribution in [0.5, 0.6) is 0 Å². The topological polar surface area (TPSA) is 74.8 Å². The van der Waals surface area contributed by atoms with Crippen molar-refractivity contribution in [2.75, 3.05) is 4.72 Å². The summed E-state index contributed by atoms with van der Waals surface area (Å²) in [7, 11) is -4.38. The SMILES string of the molecule is Cc1cn[nH]c1NS(=O)(=O)c1ccc(F)c(F)c1F. The number of aromatic amines is 1. The lowest BCUT2D eigenvalue weighted by Gasteiger charge is -2.08. The average molecular weight is 291 g/mol. The lowest BCUT2D eigenvalue weighted by Crippen LogP contribution is -2.16. The Hall–Kier alpha value is -2.03. The van der Waals surface area contributed by atoms with Crippen molar-refractivity contribution < 1.29 is 21.6 Å². The Bertz CT molecular complexity index is 728. The molecule has 0 radical (unpaired) electrons. The van der Waals surface area contributed by atoms with E-state index in [9.17, 15) is 21.6 Å². The molecule has 2 rings (SSSR count). The quantitative estimate of drug-likeness (QED) is 0.849. The number of rotatable bonds is 3. The first-order valence-corrected chi connectivity index (χ1v) is 6.47. The van der Waals surface area contributed by atoms with Gasteiger partial charge in [-0.1, -0.05) is 0 Å². The van der Waals surface area contributed by atoms with Gasteiger partial charge in [0.1, 0.15) is 10.7 Å². The monoisotopic (exact) mass is 291 g/mol. The van der Waals surface area contributed by atoms with Gasteiger partial charge in [-0.3, -0.25) is 9.82 Å². The highest BCUT2D eigenvalue weighted by Gasteiger charge is 2.24. The van der Waals surface area contributed by atoms with E-state index in [2.05, 4.69) is 10.2 Å². The molecular weight excluding hydrogens is 283 g/mol. The molecule has 5 nitrogen and oxygen atoms in total. The molecule has 1 aromatic carbocycles. The summed E-state index contributed by atoms with van der Waals surface area (Å²) in [5, 5.41) is 5.92. The number of sulfonamides is 1. The van der Waals surface area contributed by atoms with Gasteiger partial charge in [-0.05, 0) is 19.1 Å². The van der Waals surface area contributed by atoms with Gasteiger partial charge in [-0.15, -0.1) is 0 Å². The molecule has 1 aromatic heterocycles. The molecule has 102 valence electrons. The maximum Gasteiger partial charge on any atom is 0.266 e. The fraction of sp³-hybridized carbons (Fsp3) is 0.100. The first-order valence-electron chi connectivity index (χ1n) is 4.99. The standard InChI is InChI=1S/C10H8F3N3O2S/c1-5-4-14-15-10(5)16-19(17,18)7-3-2-6(11)8(12)9(7)13/h2-4H,1H3,(H2,14,15,16). The van der Waals surface area contributed by atoms with Crippen LogP contribution in [-0.4, -0.2) is 18.6 Å². The number of nitrogens with zero attached hydrogens (tertiary/aromatic N) is 1. The summed E-state index contributed by atoms with van der Waals surface area (Å²) in [4.78, 5) is -0.986. The number of halogens is 3. The first-order chi connectivity index (χ1) is 8.83. The van der Waals surface area contributed by atoms with Gasteiger partial charge in [0.15, 0.2) is 17.5 Å². The average Bonchev–Trinajstić information content (AvgIpc) is 2.71. The van der Waals surface area contributed by atoms with Crippen LogP contribution < -0.4 is 4.72 Å². The summed E-state index contributed by atoms with van der Waals surface area (Å²) in [5.41, 5.74) is 0.464. The van der Waals surface area contributed by atoms with Crippen molar-refractivity contribution in [1.29, 1.82) is 0 Å². The largest absolute Gasteiger partial charge is 0.266 e. The third-order valence-corrected chi connectivity index (χ3v) is 3.72. The molecule has 1 heterocycles. The third kappa shape index (κ3) is 2.41. The number of aromatic nitrogens is 2. The second-order valence-electron chi connectivity index (χ2n) is 3.71. The predicted molar refractivity (Wildman–Crippen MR) is 60.4 cm³/mol. The van der Waals surface area contributed by atoms with E-state index >= 15 is 0 Å². The molecule has 0 bridgehead atoms. The Morgan fingerprint density at radius 2 is 1.89 bits per heavy atom. The summed E-state index contributed by atoms with van der Waals surface area (Å²) < 4.78 is 64.9. The highest BCUT2D eigenvalue weighted by atomic mass is 32.2. The van der Waals surface area contributed by atoms with Crippen LogP contribution in [0.1, 0.15) is 5.56 Å². The zero-order chi connectivity index (χ0) is 14.2. The van der Waals surface area contributed by atoms with E-state index in [0.29, 0.717) is 17.7 Å². The van der Waals surface area contributed by atoms with E-state index in [1.165, 1.54) is 6.20 Å². The Balaban J connectivity index is 2.46. The molecule has 0 saturated heterocycles. The van der Waals surface area contributed by atoms with Gasteiger partial charge in [0, 0.05) is 5.56 Å². The molecular formula is C10H8F3N3O2S. The molecule has 0 saturated carbocycles. The van der Waals surface area contributed by atoms with Crippen LogP contribution in [0.3, 0.4) is 0 Å². The number of H-pyrrole nitrogens is 1. The summed E-state index contributed by atoms with van der Waals surface area (Å²) in [5.74, 6) is -5.06. The molecule has 0 amide bonds. The second-order valence-corrected chi connectivity index (χ2v) is 5.36. The minimum atomic E-state index is -4.38. The number of anilines is 1. The van der Waals surface area contributed by atoms with Gasteiger partial charge in [-0.25, -0.2) is 21.6 Å². The number of aryl methyl sites for hydroxylation is 1. The molecule has 0 aliphatic rings. The van der Waals surface area contributed by atoms with E-state index in [1.54, 1.807) is 6.92 Å². The van der Waals surface area contributed by atoms with Gasteiger partial charge >= 0.3 is 0 Å². The van der Waals surface area contributed by atoms with Crippen molar-refractivity contribution in [2.45, 2.75) is 11.8 Å². The summed E-state index contributed by atoms with van der Waals surface area (Å²) >= 11 is 0. The smallest absolute Gasteiger partial charge is 0.263 e. The van der Waals surface area contributed by atoms with Crippen molar-refractivity contribution in [3.63, 3.8) is 0 Å². The minimum Gasteiger partial charge on any atom is -0.263 e. The minimum absolute atomic E-state index is 0.0177. The van der Waals surface area contributed by atoms with Crippen LogP contribution in [0.25, 0.3) is 0 Å². The predicted octanol–water partition coefficient (Wildman–Crippen LogP) is 1.94. The molecule has 2 aromatic rings. The van der Waals surface area contributed by atoms with Crippen molar-refractivity contribution >= 4 is 15.8 Å². The lowest BCUT2D eigenvalue weighted by atomic mass is 10.3. The normalized spacial score (nSPS) is 11.6. The fourth-order valence-electron chi connectivity index (χ4n) is 1.35. The molecule has 19 heavy (non-hydrogen) atoms. The molecule has 0 aliphatic carbocycles. The Kier molecular flexibility index (Phi) is 3.23. The Labute approximate surface area is 106 Å². The highest BCUT2D eigenvalue weighted by molar-refractivity contribution is 7.92. The van der Waals surface area contributed by atoms with Crippen LogP contribution in [0.4, 0.5) is 19.0 Å². The van der Waals surface area contributed by atoms with Gasteiger partial charge in [0.05, 0.1) is 6.20 Å². The number of nitrogens with one attached hydrogen (secondary N) is 2. The van der Waals surface area contributed by atoms with E-state index in [4.69, 9.17) is 0 Å². The van der Waals surface area contributed by atoms with E-state index < -0.39 is 32.4 Å². The zero-order valence-corrected chi connectivity index (χ0v) is 10.4. The van der Waals surface area contributed by atoms with E-state index in [0.717, 1.165) is 0 Å². The summed E-state index contributed by atoms with van der Waals surface area (Å²) in [6, 6.07) is 1.18. The number of hydrogen-bond acceptors (Lipinski definition) is 3. The van der Waals surface area contributed by atoms with Crippen LogP contribution in [-0.2, 0) is 10.0 Å². The van der Waals surface area contributed by atoms with Gasteiger partial charge < -0.3 is 0 Å². The second kappa shape index (κ2) is 4.57. The van der Waals surface area contributed by atoms with Crippen molar-refractivity contribution in [1.82, 2.24) is 10.2 Å². The maximum absolute atomic E-state index is 13.4. The van der Waals surface area contributed by atoms with Gasteiger partial charge in [-0.2, -0.15) is 5.10 Å². The van der Waals surface area contributed by atoms with Crippen LogP contribution in [0.2, 0.25) is 0 Å². The van der Waals surface area contributed by atoms with E-state index in [-0.39, 0.29) is 5.82 Å².